The highest BCUT2D eigenvalue weighted by Gasteiger charge is 2.17. The van der Waals surface area contributed by atoms with E-state index in [1.54, 1.807) is 6.07 Å². The molecule has 0 radical (unpaired) electrons. The first-order chi connectivity index (χ1) is 8.56. The molecular weight excluding hydrogens is 232 g/mol. The lowest BCUT2D eigenvalue weighted by molar-refractivity contribution is 0.0661. The first-order valence-corrected chi connectivity index (χ1v) is 6.30. The Morgan fingerprint density at radius 3 is 2.83 bits per heavy atom. The van der Waals surface area contributed by atoms with Crippen molar-refractivity contribution in [1.29, 1.82) is 0 Å². The quantitative estimate of drug-likeness (QED) is 0.881. The molecule has 0 aromatic carbocycles. The minimum Gasteiger partial charge on any atom is -0.475 e. The molecule has 0 bridgehead atoms. The van der Waals surface area contributed by atoms with Crippen LogP contribution < -0.4 is 0 Å². The molecule has 1 aliphatic heterocycles. The van der Waals surface area contributed by atoms with Crippen LogP contribution in [0.15, 0.2) is 10.5 Å². The molecule has 5 heteroatoms. The Morgan fingerprint density at radius 2 is 2.17 bits per heavy atom. The van der Waals surface area contributed by atoms with E-state index in [1.165, 1.54) is 0 Å². The highest BCUT2D eigenvalue weighted by molar-refractivity contribution is 5.84. The van der Waals surface area contributed by atoms with Gasteiger partial charge in [0.15, 0.2) is 0 Å². The van der Waals surface area contributed by atoms with Crippen molar-refractivity contribution >= 4 is 5.97 Å². The molecule has 0 amide bonds. The molecule has 2 heterocycles. The molecule has 0 saturated carbocycles. The van der Waals surface area contributed by atoms with Crippen LogP contribution in [0.3, 0.4) is 0 Å². The number of carboxylic acids is 1. The van der Waals surface area contributed by atoms with Crippen molar-refractivity contribution in [3.8, 4) is 0 Å². The number of likely N-dealkylation sites (N-methyl/N-ethyl adjacent to an activating group) is 1. The summed E-state index contributed by atoms with van der Waals surface area (Å²) in [5.41, 5.74) is 0.983. The number of hydrogen-bond donors (Lipinski definition) is 1. The van der Waals surface area contributed by atoms with E-state index in [-0.39, 0.29) is 5.76 Å². The van der Waals surface area contributed by atoms with Gasteiger partial charge in [-0.15, -0.1) is 0 Å². The SMILES string of the molecule is Cc1oc(C(=O)O)cc1CN1CCCN(C)CC1. The molecule has 1 aliphatic rings. The zero-order valence-corrected chi connectivity index (χ0v) is 11.0. The van der Waals surface area contributed by atoms with Crippen molar-refractivity contribution < 1.29 is 14.3 Å². The molecule has 18 heavy (non-hydrogen) atoms. The molecule has 0 atom stereocenters. The Hall–Kier alpha value is -1.33. The molecule has 1 aromatic heterocycles. The summed E-state index contributed by atoms with van der Waals surface area (Å²) in [6, 6.07) is 1.65. The van der Waals surface area contributed by atoms with Gasteiger partial charge >= 0.3 is 5.97 Å². The fraction of sp³-hybridized carbons (Fsp3) is 0.615. The van der Waals surface area contributed by atoms with Gasteiger partial charge < -0.3 is 14.4 Å². The predicted octanol–water partition coefficient (Wildman–Crippen LogP) is 1.42. The fourth-order valence-corrected chi connectivity index (χ4v) is 2.28. The zero-order chi connectivity index (χ0) is 13.1. The minimum absolute atomic E-state index is 0.0365. The molecule has 0 aliphatic carbocycles. The van der Waals surface area contributed by atoms with Gasteiger partial charge in [-0.05, 0) is 39.5 Å². The standard InChI is InChI=1S/C13H20N2O3/c1-10-11(8-12(18-10)13(16)17)9-15-5-3-4-14(2)6-7-15/h8H,3-7,9H2,1-2H3,(H,16,17). The van der Waals surface area contributed by atoms with E-state index in [4.69, 9.17) is 9.52 Å². The summed E-state index contributed by atoms with van der Waals surface area (Å²) in [7, 11) is 2.13. The van der Waals surface area contributed by atoms with Gasteiger partial charge in [-0.2, -0.15) is 0 Å². The van der Waals surface area contributed by atoms with Gasteiger partial charge in [0.2, 0.25) is 5.76 Å². The summed E-state index contributed by atoms with van der Waals surface area (Å²) < 4.78 is 5.23. The number of hydrogen-bond acceptors (Lipinski definition) is 4. The average Bonchev–Trinajstić information content (AvgIpc) is 2.54. The molecule has 2 rings (SSSR count). The highest BCUT2D eigenvalue weighted by Crippen LogP contribution is 2.17. The largest absolute Gasteiger partial charge is 0.475 e. The Labute approximate surface area is 107 Å². The summed E-state index contributed by atoms with van der Waals surface area (Å²) in [6.07, 6.45) is 1.15. The number of carbonyl (C=O) groups is 1. The van der Waals surface area contributed by atoms with E-state index in [0.29, 0.717) is 5.76 Å². The number of aromatic carboxylic acids is 1. The van der Waals surface area contributed by atoms with E-state index in [9.17, 15) is 4.79 Å². The maximum Gasteiger partial charge on any atom is 0.371 e. The molecule has 1 aromatic rings. The Balaban J connectivity index is 2.02. The van der Waals surface area contributed by atoms with E-state index in [0.717, 1.165) is 44.7 Å². The third-order valence-electron chi connectivity index (χ3n) is 3.44. The smallest absolute Gasteiger partial charge is 0.371 e. The van der Waals surface area contributed by atoms with Crippen molar-refractivity contribution in [1.82, 2.24) is 9.80 Å². The molecule has 5 nitrogen and oxygen atoms in total. The van der Waals surface area contributed by atoms with Gasteiger partial charge in [0.25, 0.3) is 0 Å². The first-order valence-electron chi connectivity index (χ1n) is 6.30. The van der Waals surface area contributed by atoms with E-state index >= 15 is 0 Å². The maximum atomic E-state index is 10.8. The second-order valence-electron chi connectivity index (χ2n) is 4.93. The number of carboxylic acid groups (broad SMARTS) is 1. The third kappa shape index (κ3) is 3.11. The Morgan fingerprint density at radius 1 is 1.39 bits per heavy atom. The number of nitrogens with zero attached hydrogens (tertiary/aromatic N) is 2. The second-order valence-corrected chi connectivity index (χ2v) is 4.93. The van der Waals surface area contributed by atoms with Crippen molar-refractivity contribution in [2.24, 2.45) is 0 Å². The lowest BCUT2D eigenvalue weighted by atomic mass is 10.2. The van der Waals surface area contributed by atoms with Crippen LogP contribution in [0.25, 0.3) is 0 Å². The predicted molar refractivity (Wildman–Crippen MR) is 67.8 cm³/mol. The van der Waals surface area contributed by atoms with Crippen molar-refractivity contribution in [2.75, 3.05) is 33.2 Å². The first kappa shape index (κ1) is 13.1. The van der Waals surface area contributed by atoms with Crippen LogP contribution in [-0.2, 0) is 6.54 Å². The summed E-state index contributed by atoms with van der Waals surface area (Å²) in [6.45, 7) is 6.85. The van der Waals surface area contributed by atoms with Crippen molar-refractivity contribution in [2.45, 2.75) is 19.9 Å². The molecule has 1 fully saturated rings. The van der Waals surface area contributed by atoms with Crippen LogP contribution in [0.2, 0.25) is 0 Å². The normalized spacial score (nSPS) is 18.8. The highest BCUT2D eigenvalue weighted by atomic mass is 16.4. The van der Waals surface area contributed by atoms with E-state index in [1.807, 2.05) is 6.92 Å². The van der Waals surface area contributed by atoms with Crippen LogP contribution in [-0.4, -0.2) is 54.1 Å². The Bertz CT molecular complexity index is 428. The maximum absolute atomic E-state index is 10.8. The van der Waals surface area contributed by atoms with Crippen LogP contribution in [0.5, 0.6) is 0 Å². The van der Waals surface area contributed by atoms with Crippen LogP contribution in [0, 0.1) is 6.92 Å². The molecular formula is C13H20N2O3. The van der Waals surface area contributed by atoms with Gasteiger partial charge in [-0.3, -0.25) is 4.90 Å². The van der Waals surface area contributed by atoms with Gasteiger partial charge in [0.1, 0.15) is 5.76 Å². The van der Waals surface area contributed by atoms with Gasteiger partial charge in [0.05, 0.1) is 0 Å². The van der Waals surface area contributed by atoms with Crippen molar-refractivity contribution in [3.05, 3.63) is 23.2 Å². The molecule has 0 unspecified atom stereocenters. The average molecular weight is 252 g/mol. The lowest BCUT2D eigenvalue weighted by Crippen LogP contribution is -2.28. The third-order valence-corrected chi connectivity index (χ3v) is 3.44. The van der Waals surface area contributed by atoms with E-state index < -0.39 is 5.97 Å². The summed E-state index contributed by atoms with van der Waals surface area (Å²) in [5.74, 6) is -0.251. The van der Waals surface area contributed by atoms with Crippen LogP contribution >= 0.6 is 0 Å². The van der Waals surface area contributed by atoms with Crippen molar-refractivity contribution in [3.63, 3.8) is 0 Å². The van der Waals surface area contributed by atoms with Gasteiger partial charge in [0, 0.05) is 25.2 Å². The fourth-order valence-electron chi connectivity index (χ4n) is 2.28. The lowest BCUT2D eigenvalue weighted by Gasteiger charge is -2.19. The van der Waals surface area contributed by atoms with Crippen LogP contribution in [0.1, 0.15) is 28.3 Å². The zero-order valence-electron chi connectivity index (χ0n) is 11.0. The summed E-state index contributed by atoms with van der Waals surface area (Å²) in [4.78, 5) is 15.5. The van der Waals surface area contributed by atoms with Crippen LogP contribution in [0.4, 0.5) is 0 Å². The number of rotatable bonds is 3. The molecule has 1 saturated heterocycles. The second kappa shape index (κ2) is 5.54. The number of aryl methyl sites for hydroxylation is 1. The topological polar surface area (TPSA) is 56.9 Å². The monoisotopic (exact) mass is 252 g/mol. The number of furan rings is 1. The van der Waals surface area contributed by atoms with E-state index in [2.05, 4.69) is 16.8 Å². The van der Waals surface area contributed by atoms with Gasteiger partial charge in [-0.1, -0.05) is 0 Å². The molecule has 100 valence electrons. The molecule has 1 N–H and O–H groups in total. The summed E-state index contributed by atoms with van der Waals surface area (Å²) >= 11 is 0. The Kier molecular flexibility index (Phi) is 4.04. The summed E-state index contributed by atoms with van der Waals surface area (Å²) in [5, 5.41) is 8.89. The molecule has 0 spiro atoms. The van der Waals surface area contributed by atoms with Gasteiger partial charge in [-0.25, -0.2) is 4.79 Å². The minimum atomic E-state index is -1.00.